The summed E-state index contributed by atoms with van der Waals surface area (Å²) in [6.07, 6.45) is 54.6. The molecule has 0 aliphatic rings. The van der Waals surface area contributed by atoms with Crippen molar-refractivity contribution in [2.24, 2.45) is 5.92 Å². The van der Waals surface area contributed by atoms with E-state index in [1.165, 1.54) is 231 Å². The summed E-state index contributed by atoms with van der Waals surface area (Å²) in [5, 5.41) is 9.68. The maximum atomic E-state index is 11.7. The summed E-state index contributed by atoms with van der Waals surface area (Å²) in [7, 11) is 0. The highest BCUT2D eigenvalue weighted by Gasteiger charge is 2.16. The first-order chi connectivity index (χ1) is 22.7. The third-order valence-corrected chi connectivity index (χ3v) is 10.7. The molecule has 0 fully saturated rings. The minimum Gasteiger partial charge on any atom is -0.481 e. The third-order valence-electron chi connectivity index (χ3n) is 10.7. The van der Waals surface area contributed by atoms with Gasteiger partial charge in [0.1, 0.15) is 0 Å². The van der Waals surface area contributed by atoms with Gasteiger partial charge in [0.25, 0.3) is 0 Å². The first-order valence-electron chi connectivity index (χ1n) is 21.9. The summed E-state index contributed by atoms with van der Waals surface area (Å²) in [5.41, 5.74) is 0. The molecule has 1 atom stereocenters. The van der Waals surface area contributed by atoms with Gasteiger partial charge in [0.05, 0.1) is 5.92 Å². The molecule has 1 unspecified atom stereocenters. The van der Waals surface area contributed by atoms with Crippen molar-refractivity contribution in [2.45, 2.75) is 271 Å². The number of carbonyl (C=O) groups is 1. The van der Waals surface area contributed by atoms with Gasteiger partial charge in [0.15, 0.2) is 0 Å². The van der Waals surface area contributed by atoms with E-state index in [4.69, 9.17) is 0 Å². The quantitative estimate of drug-likeness (QED) is 0.0670. The van der Waals surface area contributed by atoms with Crippen molar-refractivity contribution in [3.05, 3.63) is 0 Å². The summed E-state index contributed by atoms with van der Waals surface area (Å²) in [5.74, 6) is -0.651. The predicted molar refractivity (Wildman–Crippen MR) is 207 cm³/mol. The van der Waals surface area contributed by atoms with Gasteiger partial charge in [-0.1, -0.05) is 258 Å². The predicted octanol–water partition coefficient (Wildman–Crippen LogP) is 16.3. The topological polar surface area (TPSA) is 37.3 Å². The zero-order valence-corrected chi connectivity index (χ0v) is 32.2. The highest BCUT2D eigenvalue weighted by Crippen LogP contribution is 2.21. The Morgan fingerprint density at radius 3 is 0.609 bits per heavy atom. The summed E-state index contributed by atoms with van der Waals surface area (Å²) >= 11 is 0. The molecule has 0 rings (SSSR count). The fourth-order valence-electron chi connectivity index (χ4n) is 7.33. The normalized spacial score (nSPS) is 12.2. The summed E-state index contributed by atoms with van der Waals surface area (Å²) in [6.45, 7) is 4.59. The van der Waals surface area contributed by atoms with Crippen molar-refractivity contribution in [1.82, 2.24) is 0 Å². The van der Waals surface area contributed by atoms with E-state index in [2.05, 4.69) is 13.8 Å². The average Bonchev–Trinajstić information content (AvgIpc) is 3.05. The second-order valence-corrected chi connectivity index (χ2v) is 15.3. The molecule has 0 amide bonds. The van der Waals surface area contributed by atoms with Gasteiger partial charge < -0.3 is 5.11 Å². The lowest BCUT2D eigenvalue weighted by Crippen LogP contribution is -2.13. The Morgan fingerprint density at radius 1 is 0.304 bits per heavy atom. The molecule has 276 valence electrons. The van der Waals surface area contributed by atoms with E-state index >= 15 is 0 Å². The Hall–Kier alpha value is -0.530. The van der Waals surface area contributed by atoms with Crippen molar-refractivity contribution in [2.75, 3.05) is 0 Å². The van der Waals surface area contributed by atoms with Gasteiger partial charge in [-0.3, -0.25) is 4.79 Å². The third kappa shape index (κ3) is 37.9. The standard InChI is InChI=1S/C44H88O2/c1-3-5-7-9-11-13-15-17-19-21-23-24-26-28-30-32-34-36-38-40-42-43(44(45)46)41-39-37-35-33-31-29-27-25-22-20-18-16-14-12-10-8-6-4-2/h43H,3-42H2,1-2H3,(H,45,46). The first-order valence-corrected chi connectivity index (χ1v) is 21.9. The molecule has 2 heteroatoms. The van der Waals surface area contributed by atoms with E-state index in [-0.39, 0.29) is 5.92 Å². The van der Waals surface area contributed by atoms with Gasteiger partial charge in [-0.05, 0) is 12.8 Å². The minimum atomic E-state index is -0.551. The highest BCUT2D eigenvalue weighted by atomic mass is 16.4. The van der Waals surface area contributed by atoms with Crippen LogP contribution in [0.2, 0.25) is 0 Å². The van der Waals surface area contributed by atoms with Crippen molar-refractivity contribution in [3.63, 3.8) is 0 Å². The maximum Gasteiger partial charge on any atom is 0.306 e. The molecule has 0 bridgehead atoms. The van der Waals surface area contributed by atoms with Gasteiger partial charge in [-0.15, -0.1) is 0 Å². The van der Waals surface area contributed by atoms with Crippen molar-refractivity contribution >= 4 is 5.97 Å². The van der Waals surface area contributed by atoms with Crippen LogP contribution in [0, 0.1) is 5.92 Å². The van der Waals surface area contributed by atoms with Crippen LogP contribution in [0.1, 0.15) is 271 Å². The van der Waals surface area contributed by atoms with Gasteiger partial charge in [-0.2, -0.15) is 0 Å². The summed E-state index contributed by atoms with van der Waals surface area (Å²) in [4.78, 5) is 11.7. The van der Waals surface area contributed by atoms with Crippen LogP contribution in [0.25, 0.3) is 0 Å². The van der Waals surface area contributed by atoms with Crippen molar-refractivity contribution < 1.29 is 9.90 Å². The molecule has 0 saturated carbocycles. The number of carboxylic acids is 1. The number of hydrogen-bond donors (Lipinski definition) is 1. The zero-order chi connectivity index (χ0) is 33.4. The Labute approximate surface area is 291 Å². The second kappa shape index (κ2) is 40.6. The SMILES string of the molecule is CCCCCCCCCCCCCCCCCCCCCCC(CCCCCCCCCCCCCCCCCCCC)C(=O)O. The Balaban J connectivity index is 3.34. The average molecular weight is 649 g/mol. The van der Waals surface area contributed by atoms with E-state index in [1.807, 2.05) is 0 Å². The fraction of sp³-hybridized carbons (Fsp3) is 0.977. The molecule has 0 aliphatic heterocycles. The Bertz CT molecular complexity index is 558. The first kappa shape index (κ1) is 45.5. The molecule has 1 N–H and O–H groups in total. The zero-order valence-electron chi connectivity index (χ0n) is 32.2. The van der Waals surface area contributed by atoms with Gasteiger partial charge in [0.2, 0.25) is 0 Å². The summed E-state index contributed by atoms with van der Waals surface area (Å²) < 4.78 is 0. The lowest BCUT2D eigenvalue weighted by molar-refractivity contribution is -0.142. The Morgan fingerprint density at radius 2 is 0.457 bits per heavy atom. The Kier molecular flexibility index (Phi) is 40.2. The van der Waals surface area contributed by atoms with Crippen LogP contribution in [-0.2, 0) is 4.79 Å². The van der Waals surface area contributed by atoms with Crippen LogP contribution in [0.4, 0.5) is 0 Å². The van der Waals surface area contributed by atoms with Crippen molar-refractivity contribution in [1.29, 1.82) is 0 Å². The highest BCUT2D eigenvalue weighted by molar-refractivity contribution is 5.69. The number of aliphatic carboxylic acids is 1. The van der Waals surface area contributed by atoms with Gasteiger partial charge in [-0.25, -0.2) is 0 Å². The molecule has 46 heavy (non-hydrogen) atoms. The molecule has 0 aromatic carbocycles. The lowest BCUT2D eigenvalue weighted by Gasteiger charge is -2.12. The smallest absolute Gasteiger partial charge is 0.306 e. The molecule has 0 saturated heterocycles. The number of rotatable bonds is 41. The van der Waals surface area contributed by atoms with E-state index in [0.29, 0.717) is 0 Å². The molecular formula is C44H88O2. The van der Waals surface area contributed by atoms with Crippen LogP contribution in [0.5, 0.6) is 0 Å². The second-order valence-electron chi connectivity index (χ2n) is 15.3. The molecule has 0 radical (unpaired) electrons. The van der Waals surface area contributed by atoms with Gasteiger partial charge >= 0.3 is 5.97 Å². The van der Waals surface area contributed by atoms with Gasteiger partial charge in [0, 0.05) is 0 Å². The van der Waals surface area contributed by atoms with Crippen molar-refractivity contribution in [3.8, 4) is 0 Å². The molecule has 0 aliphatic carbocycles. The van der Waals surface area contributed by atoms with Crippen LogP contribution in [0.15, 0.2) is 0 Å². The minimum absolute atomic E-state index is 0.100. The largest absolute Gasteiger partial charge is 0.481 e. The van der Waals surface area contributed by atoms with E-state index < -0.39 is 5.97 Å². The number of hydrogen-bond acceptors (Lipinski definition) is 1. The lowest BCUT2D eigenvalue weighted by atomic mass is 9.94. The number of unbranched alkanes of at least 4 members (excludes halogenated alkanes) is 36. The molecule has 0 aromatic rings. The monoisotopic (exact) mass is 649 g/mol. The molecule has 2 nitrogen and oxygen atoms in total. The molecule has 0 aromatic heterocycles. The van der Waals surface area contributed by atoms with Crippen LogP contribution >= 0.6 is 0 Å². The molecule has 0 heterocycles. The van der Waals surface area contributed by atoms with Crippen LogP contribution in [0.3, 0.4) is 0 Å². The van der Waals surface area contributed by atoms with Crippen LogP contribution < -0.4 is 0 Å². The van der Waals surface area contributed by atoms with E-state index in [1.54, 1.807) is 0 Å². The number of carboxylic acid groups (broad SMARTS) is 1. The maximum absolute atomic E-state index is 11.7. The van der Waals surface area contributed by atoms with E-state index in [9.17, 15) is 9.90 Å². The summed E-state index contributed by atoms with van der Waals surface area (Å²) in [6, 6.07) is 0. The van der Waals surface area contributed by atoms with E-state index in [0.717, 1.165) is 25.7 Å². The molecular weight excluding hydrogens is 560 g/mol. The molecule has 0 spiro atoms. The van der Waals surface area contributed by atoms with Crippen LogP contribution in [-0.4, -0.2) is 11.1 Å². The fourth-order valence-corrected chi connectivity index (χ4v) is 7.33.